The lowest BCUT2D eigenvalue weighted by Crippen LogP contribution is -2.59. The van der Waals surface area contributed by atoms with E-state index in [2.05, 4.69) is 6.58 Å². The van der Waals surface area contributed by atoms with Gasteiger partial charge in [0.2, 0.25) is 11.0 Å². The third-order valence-corrected chi connectivity index (χ3v) is 8.44. The number of β-lactam (4-membered cyclic amide) rings is 1. The molecule has 1 heterocycles. The molecule has 1 fully saturated rings. The number of hydrogen-bond donors (Lipinski definition) is 0. The van der Waals surface area contributed by atoms with Gasteiger partial charge in [0.1, 0.15) is 12.4 Å². The van der Waals surface area contributed by atoms with Gasteiger partial charge in [0.15, 0.2) is 10.8 Å². The molecule has 0 radical (unpaired) electrons. The Morgan fingerprint density at radius 1 is 1.12 bits per heavy atom. The average molecular weight is 585 g/mol. The van der Waals surface area contributed by atoms with Crippen LogP contribution in [0.3, 0.4) is 0 Å². The quantitative estimate of drug-likeness (QED) is 0.0538. The summed E-state index contributed by atoms with van der Waals surface area (Å²) in [7, 11) is 0. The number of hydrogen-bond acceptors (Lipinski definition) is 9. The van der Waals surface area contributed by atoms with E-state index in [0.29, 0.717) is 23.5 Å². The number of amides is 1. The number of benzene rings is 2. The van der Waals surface area contributed by atoms with Gasteiger partial charge in [-0.3, -0.25) is 24.6 Å². The van der Waals surface area contributed by atoms with E-state index < -0.39 is 21.7 Å². The minimum Gasteiger partial charge on any atom is -0.456 e. The number of nitro groups is 1. The molecule has 0 N–H and O–H groups in total. The molecule has 0 bridgehead atoms. The third-order valence-electron chi connectivity index (χ3n) is 5.87. The van der Waals surface area contributed by atoms with Crippen molar-refractivity contribution in [2.24, 2.45) is 11.3 Å². The molecule has 0 spiro atoms. The van der Waals surface area contributed by atoms with Crippen molar-refractivity contribution in [3.63, 3.8) is 0 Å². The van der Waals surface area contributed by atoms with Crippen molar-refractivity contribution in [2.45, 2.75) is 46.1 Å². The maximum Gasteiger partial charge on any atom is 0.359 e. The first kappa shape index (κ1) is 31.0. The van der Waals surface area contributed by atoms with Crippen molar-refractivity contribution in [3.05, 3.63) is 93.7 Å². The zero-order valence-corrected chi connectivity index (χ0v) is 24.5. The zero-order valence-electron chi connectivity index (χ0n) is 22.8. The Morgan fingerprint density at radius 3 is 2.33 bits per heavy atom. The fraction of sp³-hybridized carbons (Fsp3) is 0.345. The second-order valence-electron chi connectivity index (χ2n) is 9.93. The Morgan fingerprint density at radius 2 is 1.77 bits per heavy atom. The molecule has 212 valence electrons. The summed E-state index contributed by atoms with van der Waals surface area (Å²) in [6, 6.07) is 14.3. The highest BCUT2D eigenvalue weighted by Gasteiger charge is 2.51. The number of thioether (sulfide) groups is 2. The average Bonchev–Trinajstić information content (AvgIpc) is 2.92. The summed E-state index contributed by atoms with van der Waals surface area (Å²) in [6.45, 7) is 10.7. The number of esters is 1. The van der Waals surface area contributed by atoms with Crippen LogP contribution in [0.1, 0.15) is 39.7 Å². The van der Waals surface area contributed by atoms with Gasteiger partial charge in [0.05, 0.1) is 16.2 Å². The van der Waals surface area contributed by atoms with E-state index in [4.69, 9.17) is 9.47 Å². The number of ether oxygens (including phenoxy) is 2. The van der Waals surface area contributed by atoms with Gasteiger partial charge >= 0.3 is 5.97 Å². The molecule has 0 saturated carbocycles. The van der Waals surface area contributed by atoms with Crippen molar-refractivity contribution in [1.82, 2.24) is 4.90 Å². The molecule has 3 rings (SSSR count). The number of likely N-dealkylation sites (tertiary alicyclic amines) is 1. The molecule has 1 amide bonds. The molecule has 2 aromatic carbocycles. The molecule has 9 nitrogen and oxygen atoms in total. The largest absolute Gasteiger partial charge is 0.456 e. The molecule has 40 heavy (non-hydrogen) atoms. The summed E-state index contributed by atoms with van der Waals surface area (Å²) in [4.78, 5) is 52.1. The highest BCUT2D eigenvalue weighted by molar-refractivity contribution is 8.16. The van der Waals surface area contributed by atoms with Gasteiger partial charge in [-0.25, -0.2) is 4.79 Å². The predicted molar refractivity (Wildman–Crippen MR) is 156 cm³/mol. The molecule has 2 aromatic rings. The van der Waals surface area contributed by atoms with Crippen LogP contribution in [0.4, 0.5) is 5.69 Å². The van der Waals surface area contributed by atoms with Gasteiger partial charge < -0.3 is 9.47 Å². The topological polar surface area (TPSA) is 116 Å². The van der Waals surface area contributed by atoms with E-state index in [1.807, 2.05) is 6.92 Å². The van der Waals surface area contributed by atoms with Crippen molar-refractivity contribution >= 4 is 46.2 Å². The monoisotopic (exact) mass is 584 g/mol. The summed E-state index contributed by atoms with van der Waals surface area (Å²) in [5.41, 5.74) is -0.512. The van der Waals surface area contributed by atoms with E-state index in [1.54, 1.807) is 57.2 Å². The van der Waals surface area contributed by atoms with Crippen LogP contribution in [-0.4, -0.2) is 37.9 Å². The highest BCUT2D eigenvalue weighted by atomic mass is 32.2. The van der Waals surface area contributed by atoms with Gasteiger partial charge in [0, 0.05) is 23.3 Å². The zero-order chi connectivity index (χ0) is 29.4. The van der Waals surface area contributed by atoms with Gasteiger partial charge in [0.25, 0.3) is 5.69 Å². The van der Waals surface area contributed by atoms with E-state index in [0.717, 1.165) is 11.8 Å². The predicted octanol–water partition coefficient (Wildman–Crippen LogP) is 6.31. The number of para-hydroxylation sites is 1. The fourth-order valence-corrected chi connectivity index (χ4v) is 5.78. The molecule has 2 unspecified atom stereocenters. The Kier molecular flexibility index (Phi) is 10.6. The summed E-state index contributed by atoms with van der Waals surface area (Å²) in [6.07, 6.45) is 2.28. The Hall–Kier alpha value is -3.57. The van der Waals surface area contributed by atoms with Crippen LogP contribution >= 0.6 is 23.5 Å². The number of nitrogens with zero attached hydrogens (tertiary/aromatic N) is 2. The smallest absolute Gasteiger partial charge is 0.359 e. The maximum atomic E-state index is 13.7. The summed E-state index contributed by atoms with van der Waals surface area (Å²) in [5.74, 6) is -0.541. The summed E-state index contributed by atoms with van der Waals surface area (Å²) >= 11 is 2.20. The second-order valence-corrected chi connectivity index (χ2v) is 12.0. The summed E-state index contributed by atoms with van der Waals surface area (Å²) in [5, 5.41) is 10.3. The lowest BCUT2D eigenvalue weighted by Gasteiger charge is -2.46. The number of non-ortho nitro benzene ring substituents is 1. The normalized spacial score (nSPS) is 17.4. The molecule has 1 aliphatic rings. The van der Waals surface area contributed by atoms with Crippen molar-refractivity contribution in [3.8, 4) is 5.75 Å². The first-order chi connectivity index (χ1) is 19.0. The Balaban J connectivity index is 2.06. The third kappa shape index (κ3) is 7.54. The second kappa shape index (κ2) is 13.7. The molecule has 1 saturated heterocycles. The van der Waals surface area contributed by atoms with Crippen molar-refractivity contribution < 1.29 is 28.8 Å². The van der Waals surface area contributed by atoms with Gasteiger partial charge in [-0.15, -0.1) is 18.3 Å². The van der Waals surface area contributed by atoms with E-state index >= 15 is 0 Å². The van der Waals surface area contributed by atoms with E-state index in [9.17, 15) is 24.5 Å². The lowest BCUT2D eigenvalue weighted by molar-refractivity contribution is -0.384. The van der Waals surface area contributed by atoms with Gasteiger partial charge in [-0.1, -0.05) is 52.0 Å². The molecular weight excluding hydrogens is 552 g/mol. The number of carbonyl (C=O) groups is 3. The van der Waals surface area contributed by atoms with Crippen LogP contribution in [0.25, 0.3) is 0 Å². The van der Waals surface area contributed by atoms with Gasteiger partial charge in [-0.05, 0) is 48.0 Å². The molecule has 0 aliphatic carbocycles. The molecular formula is C29H32N2O7S2. The molecule has 2 atom stereocenters. The van der Waals surface area contributed by atoms with E-state index in [1.165, 1.54) is 40.9 Å². The lowest BCUT2D eigenvalue weighted by atomic mass is 9.94. The molecule has 11 heteroatoms. The number of nitro benzene ring substituents is 1. The van der Waals surface area contributed by atoms with Crippen molar-refractivity contribution in [2.75, 3.05) is 5.75 Å². The standard InChI is InChI=1S/C29H32N2O7S2/c1-6-17-39-25-22(7-2)24(32)30(25)23(26(33)37-18-19-13-15-20(16-14-19)31(35)36)27(40-28(34)29(3,4)5)38-21-11-9-8-10-12-21/h6,8-16,22,25H,1,7,17-18H2,2-5H3. The Labute approximate surface area is 242 Å². The maximum absolute atomic E-state index is 13.7. The van der Waals surface area contributed by atoms with Crippen LogP contribution in [0.5, 0.6) is 5.75 Å². The SMILES string of the molecule is C=CCSC1C(CC)C(=O)N1C(C(=O)OCc1ccc([N+](=O)[O-])cc1)=C(Oc1ccccc1)SC(=O)C(C)(C)C. The van der Waals surface area contributed by atoms with Crippen LogP contribution < -0.4 is 4.74 Å². The van der Waals surface area contributed by atoms with Gasteiger partial charge in [-0.2, -0.15) is 0 Å². The molecule has 1 aliphatic heterocycles. The first-order valence-corrected chi connectivity index (χ1v) is 14.5. The van der Waals surface area contributed by atoms with Crippen LogP contribution in [0.2, 0.25) is 0 Å². The van der Waals surface area contributed by atoms with E-state index in [-0.39, 0.29) is 40.0 Å². The Bertz CT molecular complexity index is 1290. The minimum atomic E-state index is -0.856. The highest BCUT2D eigenvalue weighted by Crippen LogP contribution is 2.43. The van der Waals surface area contributed by atoms with Crippen molar-refractivity contribution in [1.29, 1.82) is 0 Å². The minimum absolute atomic E-state index is 0.0630. The number of carbonyl (C=O) groups excluding carboxylic acids is 3. The first-order valence-electron chi connectivity index (χ1n) is 12.6. The van der Waals surface area contributed by atoms with Crippen LogP contribution in [0.15, 0.2) is 78.0 Å². The number of rotatable bonds is 12. The molecule has 0 aromatic heterocycles. The summed E-state index contributed by atoms with van der Waals surface area (Å²) < 4.78 is 11.7. The fourth-order valence-electron chi connectivity index (χ4n) is 3.66. The van der Waals surface area contributed by atoms with Crippen LogP contribution in [0, 0.1) is 21.4 Å². The van der Waals surface area contributed by atoms with Crippen LogP contribution in [-0.2, 0) is 25.7 Å².